The molecule has 132 valence electrons. The molecule has 2 saturated heterocycles. The molecule has 24 heavy (non-hydrogen) atoms. The number of carbonyl (C=O) groups excluding carboxylic acids is 2. The number of benzene rings is 1. The Morgan fingerprint density at radius 2 is 2.12 bits per heavy atom. The maximum atomic E-state index is 13.9. The van der Waals surface area contributed by atoms with Crippen LogP contribution in [0.25, 0.3) is 0 Å². The summed E-state index contributed by atoms with van der Waals surface area (Å²) in [7, 11) is 0. The normalized spacial score (nSPS) is 21.4. The van der Waals surface area contributed by atoms with Crippen LogP contribution >= 0.6 is 24.0 Å². The predicted octanol–water partition coefficient (Wildman–Crippen LogP) is 1.94. The molecule has 3 rings (SSSR count). The van der Waals surface area contributed by atoms with Crippen LogP contribution in [0, 0.1) is 5.82 Å². The second-order valence-electron chi connectivity index (χ2n) is 5.94. The van der Waals surface area contributed by atoms with Gasteiger partial charge in [-0.25, -0.2) is 4.39 Å². The van der Waals surface area contributed by atoms with Crippen molar-refractivity contribution in [1.82, 2.24) is 15.1 Å². The highest BCUT2D eigenvalue weighted by molar-refractivity contribution is 6.31. The summed E-state index contributed by atoms with van der Waals surface area (Å²) in [5.41, 5.74) is -0.00946. The van der Waals surface area contributed by atoms with E-state index in [0.29, 0.717) is 31.2 Å². The lowest BCUT2D eigenvalue weighted by atomic mass is 10.0. The number of nitrogens with zero attached hydrogens (tertiary/aromatic N) is 2. The fourth-order valence-electron chi connectivity index (χ4n) is 3.23. The fourth-order valence-corrected chi connectivity index (χ4v) is 3.40. The van der Waals surface area contributed by atoms with Gasteiger partial charge in [0.1, 0.15) is 5.82 Å². The summed E-state index contributed by atoms with van der Waals surface area (Å²) < 4.78 is 13.9. The summed E-state index contributed by atoms with van der Waals surface area (Å²) in [5, 5.41) is 3.37. The minimum Gasteiger partial charge on any atom is -0.336 e. The van der Waals surface area contributed by atoms with Crippen molar-refractivity contribution in [3.63, 3.8) is 0 Å². The Morgan fingerprint density at radius 3 is 2.88 bits per heavy atom. The Kier molecular flexibility index (Phi) is 6.43. The van der Waals surface area contributed by atoms with Crippen LogP contribution in [0.1, 0.15) is 23.2 Å². The molecule has 8 heteroatoms. The molecule has 2 aliphatic rings. The third-order valence-electron chi connectivity index (χ3n) is 4.41. The molecule has 0 spiro atoms. The van der Waals surface area contributed by atoms with Crippen LogP contribution in [0.4, 0.5) is 4.39 Å². The van der Waals surface area contributed by atoms with Crippen LogP contribution in [0.3, 0.4) is 0 Å². The molecule has 5 nitrogen and oxygen atoms in total. The summed E-state index contributed by atoms with van der Waals surface area (Å²) in [6.07, 6.45) is 1.67. The minimum atomic E-state index is -0.570. The number of hydrogen-bond acceptors (Lipinski definition) is 3. The molecule has 1 aromatic carbocycles. The average molecular weight is 376 g/mol. The van der Waals surface area contributed by atoms with Gasteiger partial charge < -0.3 is 15.1 Å². The van der Waals surface area contributed by atoms with E-state index in [1.165, 1.54) is 18.2 Å². The second kappa shape index (κ2) is 8.14. The van der Waals surface area contributed by atoms with E-state index in [4.69, 9.17) is 11.6 Å². The van der Waals surface area contributed by atoms with Crippen LogP contribution in [-0.2, 0) is 4.79 Å². The number of hydrogen-bond donors (Lipinski definition) is 1. The number of halogens is 3. The van der Waals surface area contributed by atoms with Gasteiger partial charge in [-0.15, -0.1) is 12.4 Å². The Bertz CT molecular complexity index is 629. The zero-order valence-electron chi connectivity index (χ0n) is 13.1. The van der Waals surface area contributed by atoms with Crippen molar-refractivity contribution in [2.45, 2.75) is 18.9 Å². The first-order valence-electron chi connectivity index (χ1n) is 7.81. The van der Waals surface area contributed by atoms with Crippen LogP contribution in [0.2, 0.25) is 5.02 Å². The van der Waals surface area contributed by atoms with E-state index in [1.807, 2.05) is 4.90 Å². The van der Waals surface area contributed by atoms with Crippen molar-refractivity contribution >= 4 is 35.8 Å². The Morgan fingerprint density at radius 1 is 1.33 bits per heavy atom. The maximum Gasteiger partial charge on any atom is 0.256 e. The molecule has 1 atom stereocenters. The zero-order valence-corrected chi connectivity index (χ0v) is 14.7. The van der Waals surface area contributed by atoms with E-state index in [9.17, 15) is 14.0 Å². The Hall–Kier alpha value is -1.37. The lowest BCUT2D eigenvalue weighted by Gasteiger charge is -2.41. The molecule has 1 aromatic rings. The van der Waals surface area contributed by atoms with Gasteiger partial charge in [0.25, 0.3) is 5.91 Å². The van der Waals surface area contributed by atoms with Gasteiger partial charge in [-0.05, 0) is 31.0 Å². The molecule has 0 bridgehead atoms. The third-order valence-corrected chi connectivity index (χ3v) is 4.64. The molecule has 0 aromatic heterocycles. The number of piperidine rings is 1. The van der Waals surface area contributed by atoms with E-state index in [1.54, 1.807) is 4.90 Å². The molecule has 2 heterocycles. The lowest BCUT2D eigenvalue weighted by Crippen LogP contribution is -2.57. The molecule has 0 radical (unpaired) electrons. The van der Waals surface area contributed by atoms with Crippen LogP contribution in [0.5, 0.6) is 0 Å². The molecule has 2 fully saturated rings. The van der Waals surface area contributed by atoms with Gasteiger partial charge in [-0.3, -0.25) is 9.59 Å². The first-order valence-corrected chi connectivity index (χ1v) is 8.18. The zero-order chi connectivity index (χ0) is 16.4. The van der Waals surface area contributed by atoms with Gasteiger partial charge in [-0.1, -0.05) is 11.6 Å². The molecule has 2 amide bonds. The van der Waals surface area contributed by atoms with E-state index < -0.39 is 5.82 Å². The van der Waals surface area contributed by atoms with Crippen LogP contribution in [0.15, 0.2) is 18.2 Å². The molecule has 0 aliphatic carbocycles. The van der Waals surface area contributed by atoms with E-state index >= 15 is 0 Å². The number of piperazine rings is 1. The predicted molar refractivity (Wildman–Crippen MR) is 92.2 cm³/mol. The van der Waals surface area contributed by atoms with E-state index in [-0.39, 0.29) is 35.8 Å². The fraction of sp³-hybridized carbons (Fsp3) is 0.500. The van der Waals surface area contributed by atoms with E-state index in [2.05, 4.69) is 5.32 Å². The van der Waals surface area contributed by atoms with Crippen molar-refractivity contribution in [2.24, 2.45) is 0 Å². The molecule has 1 N–H and O–H groups in total. The monoisotopic (exact) mass is 375 g/mol. The second-order valence-corrected chi connectivity index (χ2v) is 6.37. The quantitative estimate of drug-likeness (QED) is 0.859. The van der Waals surface area contributed by atoms with Crippen molar-refractivity contribution < 1.29 is 14.0 Å². The lowest BCUT2D eigenvalue weighted by molar-refractivity contribution is -0.135. The Labute approximate surface area is 151 Å². The molecular weight excluding hydrogens is 356 g/mol. The molecule has 1 unspecified atom stereocenters. The minimum absolute atomic E-state index is 0. The Balaban J connectivity index is 0.00000208. The first kappa shape index (κ1) is 19.0. The van der Waals surface area contributed by atoms with Crippen molar-refractivity contribution in [3.05, 3.63) is 34.6 Å². The van der Waals surface area contributed by atoms with E-state index in [0.717, 1.165) is 19.4 Å². The standard InChI is InChI=1S/C16H19ClFN3O2.ClH/c17-11-3-4-14(18)13(8-11)16(23)20-6-1-2-12(10-20)21-7-5-19-9-15(21)22;/h3-4,8,12,19H,1-2,5-7,9-10H2;1H. The summed E-state index contributed by atoms with van der Waals surface area (Å²) in [6, 6.07) is 3.99. The highest BCUT2D eigenvalue weighted by Gasteiger charge is 2.32. The first-order chi connectivity index (χ1) is 11.1. The van der Waals surface area contributed by atoms with Gasteiger partial charge in [0, 0.05) is 37.2 Å². The van der Waals surface area contributed by atoms with Gasteiger partial charge in [-0.2, -0.15) is 0 Å². The summed E-state index contributed by atoms with van der Waals surface area (Å²) in [5.74, 6) is -0.874. The molecule has 0 saturated carbocycles. The summed E-state index contributed by atoms with van der Waals surface area (Å²) >= 11 is 5.87. The van der Waals surface area contributed by atoms with Crippen molar-refractivity contribution in [2.75, 3.05) is 32.7 Å². The third kappa shape index (κ3) is 3.99. The molecular formula is C16H20Cl2FN3O2. The highest BCUT2D eigenvalue weighted by Crippen LogP contribution is 2.21. The number of amides is 2. The van der Waals surface area contributed by atoms with Crippen LogP contribution < -0.4 is 5.32 Å². The molecule has 2 aliphatic heterocycles. The van der Waals surface area contributed by atoms with Gasteiger partial charge in [0.2, 0.25) is 5.91 Å². The number of rotatable bonds is 2. The van der Waals surface area contributed by atoms with Gasteiger partial charge in [0.05, 0.1) is 12.1 Å². The smallest absolute Gasteiger partial charge is 0.256 e. The van der Waals surface area contributed by atoms with Crippen molar-refractivity contribution in [1.29, 1.82) is 0 Å². The highest BCUT2D eigenvalue weighted by atomic mass is 35.5. The maximum absolute atomic E-state index is 13.9. The topological polar surface area (TPSA) is 52.7 Å². The van der Waals surface area contributed by atoms with Crippen LogP contribution in [-0.4, -0.2) is 60.4 Å². The number of likely N-dealkylation sites (tertiary alicyclic amines) is 1. The SMILES string of the molecule is Cl.O=C(c1cc(Cl)ccc1F)N1CCCC(N2CCNCC2=O)C1. The number of nitrogens with one attached hydrogen (secondary N) is 1. The van der Waals surface area contributed by atoms with Crippen molar-refractivity contribution in [3.8, 4) is 0 Å². The summed E-state index contributed by atoms with van der Waals surface area (Å²) in [4.78, 5) is 28.1. The summed E-state index contributed by atoms with van der Waals surface area (Å²) in [6.45, 7) is 2.77. The number of carbonyl (C=O) groups is 2. The van der Waals surface area contributed by atoms with Gasteiger partial charge in [0.15, 0.2) is 0 Å². The largest absolute Gasteiger partial charge is 0.336 e. The average Bonchev–Trinajstić information content (AvgIpc) is 2.57. The van der Waals surface area contributed by atoms with Gasteiger partial charge >= 0.3 is 0 Å².